The van der Waals surface area contributed by atoms with Crippen LogP contribution in [0.3, 0.4) is 0 Å². The fourth-order valence-electron chi connectivity index (χ4n) is 3.15. The third-order valence-electron chi connectivity index (χ3n) is 4.63. The largest absolute Gasteiger partial charge is 0.342 e. The summed E-state index contributed by atoms with van der Waals surface area (Å²) in [7, 11) is 2.01. The minimum absolute atomic E-state index is 0.228. The van der Waals surface area contributed by atoms with E-state index in [9.17, 15) is 4.79 Å². The number of nitrogens with zero attached hydrogens (tertiary/aromatic N) is 3. The molecule has 1 amide bonds. The molecule has 0 N–H and O–H groups in total. The van der Waals surface area contributed by atoms with Gasteiger partial charge in [0.1, 0.15) is 0 Å². The van der Waals surface area contributed by atoms with Crippen molar-refractivity contribution in [3.05, 3.63) is 36.0 Å². The Labute approximate surface area is 148 Å². The lowest BCUT2D eigenvalue weighted by atomic mass is 10.0. The highest BCUT2D eigenvalue weighted by Gasteiger charge is 2.21. The van der Waals surface area contributed by atoms with E-state index in [4.69, 9.17) is 0 Å². The molecular formula is C19H25N3OS. The molecule has 2 aromatic rings. The van der Waals surface area contributed by atoms with E-state index in [1.165, 1.54) is 23.7 Å². The van der Waals surface area contributed by atoms with Crippen LogP contribution in [-0.2, 0) is 11.8 Å². The highest BCUT2D eigenvalue weighted by atomic mass is 32.2. The number of aryl methyl sites for hydroxylation is 1. The van der Waals surface area contributed by atoms with Crippen molar-refractivity contribution in [1.82, 2.24) is 14.5 Å². The van der Waals surface area contributed by atoms with Gasteiger partial charge in [-0.25, -0.2) is 4.98 Å². The summed E-state index contributed by atoms with van der Waals surface area (Å²) in [5, 5.41) is 0.893. The van der Waals surface area contributed by atoms with Gasteiger partial charge >= 0.3 is 0 Å². The van der Waals surface area contributed by atoms with E-state index < -0.39 is 0 Å². The Bertz CT molecular complexity index is 708. The second-order valence-electron chi connectivity index (χ2n) is 6.73. The zero-order valence-corrected chi connectivity index (χ0v) is 15.5. The fraction of sp³-hybridized carbons (Fsp3) is 0.474. The lowest BCUT2D eigenvalue weighted by Crippen LogP contribution is -2.40. The molecular weight excluding hydrogens is 318 g/mol. The molecule has 1 atom stereocenters. The number of carbonyl (C=O) groups excluding carboxylic acids is 1. The van der Waals surface area contributed by atoms with E-state index in [2.05, 4.69) is 47.7 Å². The minimum Gasteiger partial charge on any atom is -0.342 e. The molecule has 3 rings (SSSR count). The van der Waals surface area contributed by atoms with Crippen molar-refractivity contribution in [2.45, 2.75) is 31.8 Å². The fourth-order valence-corrected chi connectivity index (χ4v) is 4.01. The van der Waals surface area contributed by atoms with E-state index in [1.807, 2.05) is 18.1 Å². The molecule has 0 radical (unpaired) electrons. The highest BCUT2D eigenvalue weighted by molar-refractivity contribution is 7.99. The molecule has 1 unspecified atom stereocenters. The van der Waals surface area contributed by atoms with E-state index in [0.29, 0.717) is 11.7 Å². The Hall–Kier alpha value is -1.75. The number of imidazole rings is 1. The quantitative estimate of drug-likeness (QED) is 0.794. The third-order valence-corrected chi connectivity index (χ3v) is 5.66. The lowest BCUT2D eigenvalue weighted by molar-refractivity contribution is -0.130. The number of rotatable bonds is 4. The second kappa shape index (κ2) is 7.43. The van der Waals surface area contributed by atoms with Gasteiger partial charge in [-0.1, -0.05) is 48.5 Å². The maximum Gasteiger partial charge on any atom is 0.233 e. The van der Waals surface area contributed by atoms with E-state index in [-0.39, 0.29) is 5.91 Å². The Morgan fingerprint density at radius 3 is 2.79 bits per heavy atom. The van der Waals surface area contributed by atoms with Crippen molar-refractivity contribution < 1.29 is 4.79 Å². The summed E-state index contributed by atoms with van der Waals surface area (Å²) in [6, 6.07) is 8.44. The maximum atomic E-state index is 12.4. The molecule has 1 aromatic carbocycles. The molecule has 0 saturated carbocycles. The van der Waals surface area contributed by atoms with Gasteiger partial charge in [0.15, 0.2) is 5.16 Å². The Morgan fingerprint density at radius 2 is 2.08 bits per heavy atom. The molecule has 128 valence electrons. The molecule has 1 fully saturated rings. The smallest absolute Gasteiger partial charge is 0.233 e. The Balaban J connectivity index is 1.64. The molecule has 0 aliphatic carbocycles. The van der Waals surface area contributed by atoms with Gasteiger partial charge in [0, 0.05) is 20.1 Å². The van der Waals surface area contributed by atoms with Gasteiger partial charge in [0.05, 0.1) is 17.6 Å². The SMILES string of the molecule is Cc1ccc(-c2cnc(SCC(=O)N3CCCC(C)C3)n2C)cc1. The van der Waals surface area contributed by atoms with Crippen molar-refractivity contribution in [3.8, 4) is 11.3 Å². The van der Waals surface area contributed by atoms with Crippen LogP contribution in [0, 0.1) is 12.8 Å². The van der Waals surface area contributed by atoms with Gasteiger partial charge < -0.3 is 9.47 Å². The number of piperidine rings is 1. The van der Waals surface area contributed by atoms with E-state index in [0.717, 1.165) is 35.9 Å². The van der Waals surface area contributed by atoms with Crippen molar-refractivity contribution in [1.29, 1.82) is 0 Å². The van der Waals surface area contributed by atoms with Gasteiger partial charge in [0.25, 0.3) is 0 Å². The molecule has 4 nitrogen and oxygen atoms in total. The van der Waals surface area contributed by atoms with Crippen LogP contribution in [0.5, 0.6) is 0 Å². The van der Waals surface area contributed by atoms with Crippen LogP contribution in [0.4, 0.5) is 0 Å². The molecule has 1 aliphatic rings. The number of thioether (sulfide) groups is 1. The molecule has 0 bridgehead atoms. The molecule has 2 heterocycles. The van der Waals surface area contributed by atoms with Crippen LogP contribution in [0.15, 0.2) is 35.6 Å². The summed E-state index contributed by atoms with van der Waals surface area (Å²) in [6.45, 7) is 6.11. The number of aromatic nitrogens is 2. The first kappa shape index (κ1) is 17.1. The van der Waals surface area contributed by atoms with E-state index in [1.54, 1.807) is 0 Å². The standard InChI is InChI=1S/C19H25N3OS/c1-14-6-8-16(9-7-14)17-11-20-19(21(17)3)24-13-18(23)22-10-4-5-15(2)12-22/h6-9,11,15H,4-5,10,12-13H2,1-3H3. The number of benzene rings is 1. The number of amides is 1. The zero-order valence-electron chi connectivity index (χ0n) is 14.7. The number of hydrogen-bond donors (Lipinski definition) is 0. The minimum atomic E-state index is 0.228. The molecule has 1 saturated heterocycles. The number of carbonyl (C=O) groups is 1. The summed E-state index contributed by atoms with van der Waals surface area (Å²) < 4.78 is 2.07. The predicted octanol–water partition coefficient (Wildman–Crippen LogP) is 3.75. The summed E-state index contributed by atoms with van der Waals surface area (Å²) in [5.74, 6) is 1.31. The lowest BCUT2D eigenvalue weighted by Gasteiger charge is -2.30. The first-order chi connectivity index (χ1) is 11.5. The molecule has 1 aliphatic heterocycles. The van der Waals surface area contributed by atoms with Gasteiger partial charge in [-0.3, -0.25) is 4.79 Å². The molecule has 24 heavy (non-hydrogen) atoms. The highest BCUT2D eigenvalue weighted by Crippen LogP contribution is 2.26. The van der Waals surface area contributed by atoms with Crippen molar-refractivity contribution >= 4 is 17.7 Å². The topological polar surface area (TPSA) is 38.1 Å². The van der Waals surface area contributed by atoms with Crippen LogP contribution in [0.25, 0.3) is 11.3 Å². The van der Waals surface area contributed by atoms with Gasteiger partial charge in [-0.2, -0.15) is 0 Å². The second-order valence-corrected chi connectivity index (χ2v) is 7.67. The van der Waals surface area contributed by atoms with Crippen LogP contribution in [-0.4, -0.2) is 39.2 Å². The van der Waals surface area contributed by atoms with Crippen molar-refractivity contribution in [2.75, 3.05) is 18.8 Å². The summed E-state index contributed by atoms with van der Waals surface area (Å²) in [6.07, 6.45) is 4.24. The average Bonchev–Trinajstić information content (AvgIpc) is 2.94. The van der Waals surface area contributed by atoms with Crippen LogP contribution >= 0.6 is 11.8 Å². The van der Waals surface area contributed by atoms with Crippen LogP contribution < -0.4 is 0 Å². The monoisotopic (exact) mass is 343 g/mol. The van der Waals surface area contributed by atoms with Gasteiger partial charge in [-0.05, 0) is 31.2 Å². The zero-order chi connectivity index (χ0) is 17.1. The Morgan fingerprint density at radius 1 is 1.33 bits per heavy atom. The first-order valence-corrected chi connectivity index (χ1v) is 9.52. The molecule has 1 aromatic heterocycles. The number of likely N-dealkylation sites (tertiary alicyclic amines) is 1. The van der Waals surface area contributed by atoms with E-state index >= 15 is 0 Å². The Kier molecular flexibility index (Phi) is 5.29. The van der Waals surface area contributed by atoms with Crippen LogP contribution in [0.1, 0.15) is 25.3 Å². The van der Waals surface area contributed by atoms with Gasteiger partial charge in [0.2, 0.25) is 5.91 Å². The maximum absolute atomic E-state index is 12.4. The summed E-state index contributed by atoms with van der Waals surface area (Å²) >= 11 is 1.53. The molecule has 0 spiro atoms. The van der Waals surface area contributed by atoms with Crippen LogP contribution in [0.2, 0.25) is 0 Å². The number of hydrogen-bond acceptors (Lipinski definition) is 3. The van der Waals surface area contributed by atoms with Crippen molar-refractivity contribution in [2.24, 2.45) is 13.0 Å². The predicted molar refractivity (Wildman–Crippen MR) is 99.1 cm³/mol. The van der Waals surface area contributed by atoms with Gasteiger partial charge in [-0.15, -0.1) is 0 Å². The third kappa shape index (κ3) is 3.83. The average molecular weight is 343 g/mol. The normalized spacial score (nSPS) is 18.0. The molecule has 5 heteroatoms. The summed E-state index contributed by atoms with van der Waals surface area (Å²) in [4.78, 5) is 18.9. The van der Waals surface area contributed by atoms with Crippen molar-refractivity contribution in [3.63, 3.8) is 0 Å². The summed E-state index contributed by atoms with van der Waals surface area (Å²) in [5.41, 5.74) is 3.48. The first-order valence-electron chi connectivity index (χ1n) is 8.54.